The van der Waals surface area contributed by atoms with Crippen molar-refractivity contribution in [3.05, 3.63) is 60.1 Å². The average molecular weight is 314 g/mol. The molecule has 0 N–H and O–H groups in total. The van der Waals surface area contributed by atoms with Gasteiger partial charge in [-0.3, -0.25) is 0 Å². The lowest BCUT2D eigenvalue weighted by molar-refractivity contribution is 0.229. The van der Waals surface area contributed by atoms with Crippen LogP contribution in [-0.2, 0) is 10.8 Å². The Hall–Kier alpha value is -1.94. The summed E-state index contributed by atoms with van der Waals surface area (Å²) in [6, 6.07) is 10.1. The molecule has 1 atom stereocenters. The van der Waals surface area contributed by atoms with Crippen LogP contribution in [0.25, 0.3) is 5.76 Å². The zero-order valence-electron chi connectivity index (χ0n) is 13.3. The van der Waals surface area contributed by atoms with E-state index in [0.717, 1.165) is 29.9 Å². The molecule has 1 aromatic heterocycles. The van der Waals surface area contributed by atoms with Crippen LogP contribution in [0.1, 0.15) is 17.5 Å². The van der Waals surface area contributed by atoms with Crippen molar-refractivity contribution in [1.82, 2.24) is 0 Å². The number of aryl methyl sites for hydroxylation is 1. The minimum absolute atomic E-state index is 0.0381. The first-order valence-corrected chi connectivity index (χ1v) is 11.1. The van der Waals surface area contributed by atoms with E-state index in [1.54, 1.807) is 12.5 Å². The Balaban J connectivity index is 1.79. The van der Waals surface area contributed by atoms with Crippen LogP contribution in [0.2, 0.25) is 19.6 Å². The molecule has 1 unspecified atom stereocenters. The molecule has 1 aliphatic rings. The van der Waals surface area contributed by atoms with Gasteiger partial charge in [-0.2, -0.15) is 0 Å². The lowest BCUT2D eigenvalue weighted by Gasteiger charge is -2.29. The summed E-state index contributed by atoms with van der Waals surface area (Å²) in [4.78, 5) is 0. The van der Waals surface area contributed by atoms with Gasteiger partial charge in [-0.1, -0.05) is 12.1 Å². The van der Waals surface area contributed by atoms with Crippen LogP contribution in [0.15, 0.2) is 53.4 Å². The van der Waals surface area contributed by atoms with E-state index in [4.69, 9.17) is 13.6 Å². The quantitative estimate of drug-likeness (QED) is 0.738. The number of ether oxygens (including phenoxy) is 1. The van der Waals surface area contributed by atoms with Crippen molar-refractivity contribution in [2.24, 2.45) is 0 Å². The normalized spacial score (nSPS) is 17.4. The molecule has 2 heterocycles. The van der Waals surface area contributed by atoms with Crippen molar-refractivity contribution in [3.8, 4) is 5.75 Å². The maximum absolute atomic E-state index is 6.27. The first kappa shape index (κ1) is 15.0. The molecule has 0 aliphatic carbocycles. The zero-order chi connectivity index (χ0) is 15.6. The van der Waals surface area contributed by atoms with E-state index in [1.165, 1.54) is 5.56 Å². The fourth-order valence-electron chi connectivity index (χ4n) is 2.53. The van der Waals surface area contributed by atoms with Crippen molar-refractivity contribution in [3.63, 3.8) is 0 Å². The van der Waals surface area contributed by atoms with E-state index in [9.17, 15) is 0 Å². The molecule has 0 spiro atoms. The lowest BCUT2D eigenvalue weighted by atomic mass is 10.0. The molecular weight excluding hydrogens is 292 g/mol. The van der Waals surface area contributed by atoms with Crippen LogP contribution >= 0.6 is 0 Å². The van der Waals surface area contributed by atoms with Gasteiger partial charge in [0.2, 0.25) is 8.32 Å². The highest BCUT2D eigenvalue weighted by atomic mass is 28.4. The van der Waals surface area contributed by atoms with Gasteiger partial charge in [-0.25, -0.2) is 0 Å². The fourth-order valence-corrected chi connectivity index (χ4v) is 3.37. The minimum atomic E-state index is -1.66. The topological polar surface area (TPSA) is 31.6 Å². The molecule has 0 amide bonds. The SMILES string of the molecule is C[Si](C)(C)OC1=CC(CCc2ccoc2)Oc2ccccc21. The predicted octanol–water partition coefficient (Wildman–Crippen LogP) is 4.87. The Morgan fingerprint density at radius 2 is 1.95 bits per heavy atom. The molecular formula is C18H22O3Si. The van der Waals surface area contributed by atoms with Gasteiger partial charge >= 0.3 is 0 Å². The molecule has 0 saturated carbocycles. The number of fused-ring (bicyclic) bond motifs is 1. The smallest absolute Gasteiger partial charge is 0.242 e. The van der Waals surface area contributed by atoms with E-state index in [0.29, 0.717) is 0 Å². The summed E-state index contributed by atoms with van der Waals surface area (Å²) < 4.78 is 17.5. The summed E-state index contributed by atoms with van der Waals surface area (Å²) in [5.74, 6) is 1.88. The lowest BCUT2D eigenvalue weighted by Crippen LogP contribution is -2.27. The number of benzene rings is 1. The highest BCUT2D eigenvalue weighted by Crippen LogP contribution is 2.35. The second-order valence-electron chi connectivity index (χ2n) is 6.57. The highest BCUT2D eigenvalue weighted by Gasteiger charge is 2.26. The predicted molar refractivity (Wildman–Crippen MR) is 90.3 cm³/mol. The van der Waals surface area contributed by atoms with Gasteiger partial charge in [-0.05, 0) is 62.3 Å². The molecule has 3 rings (SSSR count). The number of para-hydroxylation sites is 1. The minimum Gasteiger partial charge on any atom is -0.544 e. The standard InChI is InChI=1S/C18H22O3Si/c1-22(2,3)21-18-12-15(9-8-14-10-11-19-13-14)20-17-7-5-4-6-16(17)18/h4-7,10-13,15H,8-9H2,1-3H3. The third-order valence-corrected chi connectivity index (χ3v) is 4.31. The van der Waals surface area contributed by atoms with E-state index < -0.39 is 8.32 Å². The van der Waals surface area contributed by atoms with Crippen molar-refractivity contribution in [1.29, 1.82) is 0 Å². The molecule has 4 heteroatoms. The molecule has 3 nitrogen and oxygen atoms in total. The first-order chi connectivity index (χ1) is 10.5. The van der Waals surface area contributed by atoms with Gasteiger partial charge in [0, 0.05) is 0 Å². The molecule has 0 radical (unpaired) electrons. The Bertz CT molecular complexity index is 653. The summed E-state index contributed by atoms with van der Waals surface area (Å²) in [5.41, 5.74) is 2.26. The van der Waals surface area contributed by atoms with Crippen molar-refractivity contribution in [2.75, 3.05) is 0 Å². The molecule has 1 aliphatic heterocycles. The van der Waals surface area contributed by atoms with E-state index >= 15 is 0 Å². The van der Waals surface area contributed by atoms with Gasteiger partial charge in [0.05, 0.1) is 18.1 Å². The summed E-state index contributed by atoms with van der Waals surface area (Å²) in [5, 5.41) is 0. The number of furan rings is 1. The van der Waals surface area contributed by atoms with Crippen LogP contribution in [0.3, 0.4) is 0 Å². The van der Waals surface area contributed by atoms with Gasteiger partial charge in [0.1, 0.15) is 17.6 Å². The Morgan fingerprint density at radius 3 is 2.68 bits per heavy atom. The highest BCUT2D eigenvalue weighted by molar-refractivity contribution is 6.70. The Kier molecular flexibility index (Phi) is 4.11. The van der Waals surface area contributed by atoms with Crippen molar-refractivity contribution >= 4 is 14.1 Å². The van der Waals surface area contributed by atoms with E-state index in [2.05, 4.69) is 31.8 Å². The molecule has 0 bridgehead atoms. The van der Waals surface area contributed by atoms with E-state index in [1.807, 2.05) is 24.3 Å². The number of rotatable bonds is 5. The molecule has 1 aromatic carbocycles. The van der Waals surface area contributed by atoms with Crippen LogP contribution in [-0.4, -0.2) is 14.4 Å². The van der Waals surface area contributed by atoms with Crippen LogP contribution in [0, 0.1) is 0 Å². The number of hydrogen-bond donors (Lipinski definition) is 0. The first-order valence-electron chi connectivity index (χ1n) is 7.69. The second-order valence-corrected chi connectivity index (χ2v) is 11.0. The zero-order valence-corrected chi connectivity index (χ0v) is 14.3. The third-order valence-electron chi connectivity index (χ3n) is 3.48. The summed E-state index contributed by atoms with van der Waals surface area (Å²) in [6.07, 6.45) is 7.51. The van der Waals surface area contributed by atoms with E-state index in [-0.39, 0.29) is 6.10 Å². The number of hydrogen-bond acceptors (Lipinski definition) is 3. The molecule has 0 fully saturated rings. The molecule has 2 aromatic rings. The molecule has 0 saturated heterocycles. The summed E-state index contributed by atoms with van der Waals surface area (Å²) in [7, 11) is -1.66. The van der Waals surface area contributed by atoms with Crippen LogP contribution < -0.4 is 4.74 Å². The van der Waals surface area contributed by atoms with Crippen LogP contribution in [0.5, 0.6) is 5.75 Å². The summed E-state index contributed by atoms with van der Waals surface area (Å²) in [6.45, 7) is 6.60. The average Bonchev–Trinajstić information content (AvgIpc) is 2.97. The molecule has 116 valence electrons. The van der Waals surface area contributed by atoms with Crippen molar-refractivity contribution < 1.29 is 13.6 Å². The summed E-state index contributed by atoms with van der Waals surface area (Å²) >= 11 is 0. The maximum Gasteiger partial charge on any atom is 0.242 e. The fraction of sp³-hybridized carbons (Fsp3) is 0.333. The van der Waals surface area contributed by atoms with Gasteiger partial charge in [-0.15, -0.1) is 0 Å². The monoisotopic (exact) mass is 314 g/mol. The Morgan fingerprint density at radius 1 is 1.14 bits per heavy atom. The third kappa shape index (κ3) is 3.63. The van der Waals surface area contributed by atoms with Gasteiger partial charge < -0.3 is 13.6 Å². The van der Waals surface area contributed by atoms with Crippen LogP contribution in [0.4, 0.5) is 0 Å². The maximum atomic E-state index is 6.27. The molecule has 22 heavy (non-hydrogen) atoms. The Labute approximate surface area is 132 Å². The second kappa shape index (κ2) is 6.05. The van der Waals surface area contributed by atoms with Gasteiger partial charge in [0.25, 0.3) is 0 Å². The largest absolute Gasteiger partial charge is 0.544 e. The van der Waals surface area contributed by atoms with Gasteiger partial charge in [0.15, 0.2) is 0 Å². The van der Waals surface area contributed by atoms with Crippen molar-refractivity contribution in [2.45, 2.75) is 38.6 Å².